The summed E-state index contributed by atoms with van der Waals surface area (Å²) >= 11 is 0. The number of nitrogens with one attached hydrogen (secondary N) is 1. The van der Waals surface area contributed by atoms with Crippen LogP contribution in [0.25, 0.3) is 10.8 Å². The lowest BCUT2D eigenvalue weighted by Crippen LogP contribution is -2.12. The van der Waals surface area contributed by atoms with E-state index in [1.54, 1.807) is 6.92 Å². The lowest BCUT2D eigenvalue weighted by Gasteiger charge is -2.06. The van der Waals surface area contributed by atoms with Gasteiger partial charge in [0.2, 0.25) is 0 Å². The Morgan fingerprint density at radius 3 is 1.35 bits per heavy atom. The van der Waals surface area contributed by atoms with Gasteiger partial charge in [-0.3, -0.25) is 9.59 Å². The molecule has 3 heteroatoms. The number of Topliss-reactive ketones (excluding diaryl/α,β-unsaturated/α-hetero) is 1. The van der Waals surface area contributed by atoms with Gasteiger partial charge in [0.25, 0.3) is 5.91 Å². The third-order valence-electron chi connectivity index (χ3n) is 7.00. The van der Waals surface area contributed by atoms with E-state index in [1.165, 1.54) is 33.1 Å². The lowest BCUT2D eigenvalue weighted by molar-refractivity contribution is 0.101. The summed E-state index contributed by atoms with van der Waals surface area (Å²) in [7, 11) is 0. The van der Waals surface area contributed by atoms with Crippen molar-refractivity contribution in [2.75, 3.05) is 5.32 Å². The number of benzene rings is 5. The quantitative estimate of drug-likeness (QED) is 0.150. The average Bonchev–Trinajstić information content (AvgIpc) is 3.19. The van der Waals surface area contributed by atoms with Crippen molar-refractivity contribution in [2.45, 2.75) is 104 Å². The highest BCUT2D eigenvalue weighted by atomic mass is 16.1. The van der Waals surface area contributed by atoms with E-state index >= 15 is 0 Å². The molecule has 1 amide bonds. The highest BCUT2D eigenvalue weighted by Crippen LogP contribution is 2.17. The van der Waals surface area contributed by atoms with Crippen LogP contribution in [0.15, 0.2) is 151 Å². The first kappa shape index (κ1) is 51.4. The molecule has 5 aromatic rings. The van der Waals surface area contributed by atoms with E-state index in [4.69, 9.17) is 0 Å². The molecule has 0 aliphatic heterocycles. The fourth-order valence-corrected chi connectivity index (χ4v) is 4.03. The van der Waals surface area contributed by atoms with Crippen LogP contribution in [0, 0.1) is 13.8 Å². The summed E-state index contributed by atoms with van der Waals surface area (Å²) in [6.07, 6.45) is 0. The van der Waals surface area contributed by atoms with E-state index < -0.39 is 0 Å². The second-order valence-electron chi connectivity index (χ2n) is 10.8. The van der Waals surface area contributed by atoms with Gasteiger partial charge in [-0.15, -0.1) is 0 Å². The summed E-state index contributed by atoms with van der Waals surface area (Å²) in [4.78, 5) is 22.6. The van der Waals surface area contributed by atoms with Gasteiger partial charge in [-0.25, -0.2) is 0 Å². The van der Waals surface area contributed by atoms with Crippen LogP contribution < -0.4 is 5.32 Å². The molecule has 0 unspecified atom stereocenters. The SMILES string of the molecule is C=C(C)C(C)=C(C)C.CC.CC.CC.CC.CC(=O)c1ccccc1.Cc1cccc2ccccc12.Cc1ccccc1C(=O)Nc1ccccc1. The van der Waals surface area contributed by atoms with Crippen LogP contribution in [0.4, 0.5) is 5.69 Å². The Morgan fingerprint density at radius 2 is 0.923 bits per heavy atom. The van der Waals surface area contributed by atoms with Crippen molar-refractivity contribution in [3.8, 4) is 0 Å². The zero-order valence-corrected chi connectivity index (χ0v) is 35.1. The van der Waals surface area contributed by atoms with Gasteiger partial charge in [0, 0.05) is 16.8 Å². The summed E-state index contributed by atoms with van der Waals surface area (Å²) in [6, 6.07) is 41.1. The molecule has 0 atom stereocenters. The molecule has 0 aliphatic rings. The number of ketones is 1. The van der Waals surface area contributed by atoms with Crippen molar-refractivity contribution in [3.63, 3.8) is 0 Å². The number of hydrogen-bond donors (Lipinski definition) is 1. The van der Waals surface area contributed by atoms with Gasteiger partial charge in [0.15, 0.2) is 5.78 Å². The van der Waals surface area contributed by atoms with E-state index in [-0.39, 0.29) is 11.7 Å². The Hall–Kier alpha value is -5.02. The maximum absolute atomic E-state index is 11.9. The molecule has 0 heterocycles. The molecular formula is C49H69NO2. The lowest BCUT2D eigenvalue weighted by atomic mass is 10.1. The minimum absolute atomic E-state index is 0.0655. The third-order valence-corrected chi connectivity index (χ3v) is 7.00. The number of anilines is 1. The molecular weight excluding hydrogens is 635 g/mol. The zero-order valence-electron chi connectivity index (χ0n) is 35.1. The molecule has 5 rings (SSSR count). The molecule has 1 N–H and O–H groups in total. The molecule has 0 fully saturated rings. The first-order valence-corrected chi connectivity index (χ1v) is 18.7. The van der Waals surface area contributed by atoms with Crippen LogP contribution in [0.1, 0.15) is 122 Å². The zero-order chi connectivity index (χ0) is 40.5. The second kappa shape index (κ2) is 33.1. The maximum atomic E-state index is 11.9. The van der Waals surface area contributed by atoms with Crippen molar-refractivity contribution in [2.24, 2.45) is 0 Å². The van der Waals surface area contributed by atoms with Gasteiger partial charge in [-0.05, 0) is 88.6 Å². The first-order chi connectivity index (χ1) is 25.0. The summed E-state index contributed by atoms with van der Waals surface area (Å²) in [5.41, 5.74) is 8.49. The second-order valence-corrected chi connectivity index (χ2v) is 10.8. The van der Waals surface area contributed by atoms with Crippen LogP contribution in [0.5, 0.6) is 0 Å². The standard InChI is InChI=1S/C14H13NO.C11H10.C8H8O.C8H14.4C2H6/c1-11-7-5-6-10-13(11)14(16)15-12-8-3-2-4-9-12;1-9-5-4-7-10-6-2-3-8-11(9)10;1-7(9)8-5-3-2-4-6-8;1-6(2)8(5)7(3)4;4*1-2/h2-10H,1H3,(H,15,16);2-8H,1H3;2-6H,1H3;1H2,2-5H3;4*1-2H3. The van der Waals surface area contributed by atoms with Crippen molar-refractivity contribution in [1.82, 2.24) is 0 Å². The fraction of sp³-hybridized carbons (Fsp3) is 0.306. The number of aryl methyl sites for hydroxylation is 2. The molecule has 0 bridgehead atoms. The number of para-hydroxylation sites is 1. The molecule has 52 heavy (non-hydrogen) atoms. The van der Waals surface area contributed by atoms with Crippen LogP contribution >= 0.6 is 0 Å². The number of fused-ring (bicyclic) bond motifs is 1. The summed E-state index contributed by atoms with van der Waals surface area (Å²) in [6.45, 7) is 33.8. The van der Waals surface area contributed by atoms with E-state index in [1.807, 2.05) is 154 Å². The molecule has 282 valence electrons. The number of rotatable bonds is 4. The Kier molecular flexibility index (Phi) is 32.7. The molecule has 0 radical (unpaired) electrons. The highest BCUT2D eigenvalue weighted by molar-refractivity contribution is 6.05. The highest BCUT2D eigenvalue weighted by Gasteiger charge is 2.07. The van der Waals surface area contributed by atoms with Gasteiger partial charge < -0.3 is 5.32 Å². The van der Waals surface area contributed by atoms with E-state index in [9.17, 15) is 9.59 Å². The maximum Gasteiger partial charge on any atom is 0.255 e. The number of allylic oxidation sites excluding steroid dienone is 3. The predicted molar refractivity (Wildman–Crippen MR) is 235 cm³/mol. The number of carbonyl (C=O) groups is 2. The Bertz CT molecular complexity index is 1670. The molecule has 0 saturated carbocycles. The van der Waals surface area contributed by atoms with Crippen molar-refractivity contribution in [1.29, 1.82) is 0 Å². The summed E-state index contributed by atoms with van der Waals surface area (Å²) in [5.74, 6) is 0.0555. The van der Waals surface area contributed by atoms with Crippen LogP contribution in [0.3, 0.4) is 0 Å². The van der Waals surface area contributed by atoms with Gasteiger partial charge in [-0.1, -0.05) is 188 Å². The smallest absolute Gasteiger partial charge is 0.255 e. The van der Waals surface area contributed by atoms with E-state index in [2.05, 4.69) is 82.1 Å². The Morgan fingerprint density at radius 1 is 0.500 bits per heavy atom. The number of hydrogen-bond acceptors (Lipinski definition) is 2. The molecule has 0 spiro atoms. The van der Waals surface area contributed by atoms with E-state index in [0.717, 1.165) is 16.8 Å². The average molecular weight is 704 g/mol. The molecule has 0 aliphatic carbocycles. The molecule has 0 aromatic heterocycles. The van der Waals surface area contributed by atoms with Crippen LogP contribution in [0.2, 0.25) is 0 Å². The monoisotopic (exact) mass is 704 g/mol. The summed E-state index contributed by atoms with van der Waals surface area (Å²) < 4.78 is 0. The number of carbonyl (C=O) groups excluding carboxylic acids is 2. The van der Waals surface area contributed by atoms with Gasteiger partial charge in [0.1, 0.15) is 0 Å². The number of amides is 1. The van der Waals surface area contributed by atoms with Crippen molar-refractivity contribution < 1.29 is 9.59 Å². The largest absolute Gasteiger partial charge is 0.322 e. The van der Waals surface area contributed by atoms with Crippen molar-refractivity contribution >= 4 is 28.2 Å². The molecule has 5 aromatic carbocycles. The predicted octanol–water partition coefficient (Wildman–Crippen LogP) is 15.3. The van der Waals surface area contributed by atoms with Crippen molar-refractivity contribution in [3.05, 3.63) is 173 Å². The normalized spacial score (nSPS) is 8.52. The Balaban J connectivity index is -0.000000595. The summed E-state index contributed by atoms with van der Waals surface area (Å²) in [5, 5.41) is 5.54. The van der Waals surface area contributed by atoms with Crippen LogP contribution in [-0.4, -0.2) is 11.7 Å². The first-order valence-electron chi connectivity index (χ1n) is 18.7. The topological polar surface area (TPSA) is 46.2 Å². The third kappa shape index (κ3) is 21.9. The molecule has 0 saturated heterocycles. The van der Waals surface area contributed by atoms with E-state index in [0.29, 0.717) is 5.56 Å². The fourth-order valence-electron chi connectivity index (χ4n) is 4.03. The van der Waals surface area contributed by atoms with Crippen LogP contribution in [-0.2, 0) is 0 Å². The minimum atomic E-state index is -0.0655. The molecule has 3 nitrogen and oxygen atoms in total. The van der Waals surface area contributed by atoms with Gasteiger partial charge in [-0.2, -0.15) is 0 Å². The van der Waals surface area contributed by atoms with Gasteiger partial charge >= 0.3 is 0 Å². The minimum Gasteiger partial charge on any atom is -0.322 e. The Labute approximate surface area is 318 Å². The van der Waals surface area contributed by atoms with Gasteiger partial charge in [0.05, 0.1) is 0 Å².